The minimum atomic E-state index is 0. The summed E-state index contributed by atoms with van der Waals surface area (Å²) in [6.07, 6.45) is 1.82. The molecule has 0 spiro atoms. The lowest BCUT2D eigenvalue weighted by atomic mass is 10.1. The molecular formula is C20H21IN4O2. The summed E-state index contributed by atoms with van der Waals surface area (Å²) in [6.45, 7) is 1.58. The molecule has 6 nitrogen and oxygen atoms in total. The van der Waals surface area contributed by atoms with Crippen LogP contribution in [0.2, 0.25) is 0 Å². The highest BCUT2D eigenvalue weighted by Gasteiger charge is 2.13. The summed E-state index contributed by atoms with van der Waals surface area (Å²) in [4.78, 5) is 8.77. The van der Waals surface area contributed by atoms with Gasteiger partial charge in [-0.05, 0) is 29.3 Å². The van der Waals surface area contributed by atoms with Crippen molar-refractivity contribution < 1.29 is 9.47 Å². The first kappa shape index (κ1) is 19.2. The number of rotatable bonds is 4. The molecular weight excluding hydrogens is 455 g/mol. The predicted molar refractivity (Wildman–Crippen MR) is 117 cm³/mol. The van der Waals surface area contributed by atoms with Crippen LogP contribution in [0.15, 0.2) is 59.7 Å². The van der Waals surface area contributed by atoms with E-state index in [1.54, 1.807) is 7.05 Å². The molecule has 1 aromatic heterocycles. The number of pyridine rings is 1. The fourth-order valence-corrected chi connectivity index (χ4v) is 2.95. The number of nitrogens with zero attached hydrogens (tertiary/aromatic N) is 2. The lowest BCUT2D eigenvalue weighted by molar-refractivity contribution is 0.174. The van der Waals surface area contributed by atoms with Gasteiger partial charge in [0.2, 0.25) is 6.79 Å². The molecule has 2 aromatic carbocycles. The second-order valence-corrected chi connectivity index (χ2v) is 5.96. The standard InChI is InChI=1S/C20H20N4O2.HI/c1-21-20(23-11-14-7-8-17-18(10-14)26-13-25-17)24-12-16-5-2-4-15-6-3-9-22-19(15)16;/h2-10H,11-13H2,1H3,(H2,21,23,24);1H. The second kappa shape index (κ2) is 8.90. The summed E-state index contributed by atoms with van der Waals surface area (Å²) >= 11 is 0. The number of aromatic nitrogens is 1. The molecule has 0 amide bonds. The van der Waals surface area contributed by atoms with E-state index in [0.29, 0.717) is 13.1 Å². The Balaban J connectivity index is 0.00000210. The first-order valence-electron chi connectivity index (χ1n) is 8.49. The third kappa shape index (κ3) is 4.41. The molecule has 0 atom stereocenters. The summed E-state index contributed by atoms with van der Waals surface area (Å²) in [5.74, 6) is 2.31. The van der Waals surface area contributed by atoms with Gasteiger partial charge < -0.3 is 20.1 Å². The molecule has 4 rings (SSSR count). The van der Waals surface area contributed by atoms with Crippen molar-refractivity contribution in [2.24, 2.45) is 4.99 Å². The first-order valence-corrected chi connectivity index (χ1v) is 8.49. The van der Waals surface area contributed by atoms with Crippen molar-refractivity contribution >= 4 is 40.8 Å². The number of fused-ring (bicyclic) bond motifs is 2. The van der Waals surface area contributed by atoms with E-state index in [-0.39, 0.29) is 30.8 Å². The van der Waals surface area contributed by atoms with Gasteiger partial charge in [0, 0.05) is 31.7 Å². The molecule has 1 aliphatic rings. The molecule has 7 heteroatoms. The number of ether oxygens (including phenoxy) is 2. The number of para-hydroxylation sites is 1. The van der Waals surface area contributed by atoms with Crippen molar-refractivity contribution in [3.05, 3.63) is 65.9 Å². The molecule has 0 bridgehead atoms. The Morgan fingerprint density at radius 2 is 1.85 bits per heavy atom. The van der Waals surface area contributed by atoms with E-state index in [1.165, 1.54) is 0 Å². The van der Waals surface area contributed by atoms with Crippen LogP contribution < -0.4 is 20.1 Å². The number of halogens is 1. The smallest absolute Gasteiger partial charge is 0.231 e. The molecule has 3 aromatic rings. The monoisotopic (exact) mass is 476 g/mol. The van der Waals surface area contributed by atoms with Crippen LogP contribution in [0.3, 0.4) is 0 Å². The Morgan fingerprint density at radius 3 is 2.74 bits per heavy atom. The molecule has 27 heavy (non-hydrogen) atoms. The summed E-state index contributed by atoms with van der Waals surface area (Å²) in [7, 11) is 1.76. The number of aliphatic imine (C=N–C) groups is 1. The molecule has 0 aliphatic carbocycles. The molecule has 140 valence electrons. The van der Waals surface area contributed by atoms with Gasteiger partial charge >= 0.3 is 0 Å². The minimum Gasteiger partial charge on any atom is -0.454 e. The maximum Gasteiger partial charge on any atom is 0.231 e. The normalized spacial score (nSPS) is 12.6. The fraction of sp³-hybridized carbons (Fsp3) is 0.200. The zero-order valence-electron chi connectivity index (χ0n) is 14.9. The van der Waals surface area contributed by atoms with Gasteiger partial charge in [0.1, 0.15) is 0 Å². The quantitative estimate of drug-likeness (QED) is 0.343. The molecule has 2 heterocycles. The van der Waals surface area contributed by atoms with Gasteiger partial charge in [-0.3, -0.25) is 9.98 Å². The topological polar surface area (TPSA) is 67.8 Å². The van der Waals surface area contributed by atoms with Gasteiger partial charge in [-0.1, -0.05) is 30.3 Å². The predicted octanol–water partition coefficient (Wildman–Crippen LogP) is 3.45. The lowest BCUT2D eigenvalue weighted by Gasteiger charge is -2.13. The van der Waals surface area contributed by atoms with Gasteiger partial charge in [-0.2, -0.15) is 0 Å². The van der Waals surface area contributed by atoms with E-state index in [4.69, 9.17) is 9.47 Å². The first-order chi connectivity index (χ1) is 12.8. The number of hydrogen-bond donors (Lipinski definition) is 2. The molecule has 0 radical (unpaired) electrons. The Hall–Kier alpha value is -2.55. The van der Waals surface area contributed by atoms with Crippen molar-refractivity contribution in [1.82, 2.24) is 15.6 Å². The van der Waals surface area contributed by atoms with E-state index in [9.17, 15) is 0 Å². The maximum absolute atomic E-state index is 5.42. The maximum atomic E-state index is 5.42. The lowest BCUT2D eigenvalue weighted by Crippen LogP contribution is -2.36. The summed E-state index contributed by atoms with van der Waals surface area (Å²) in [6, 6.07) is 16.1. The zero-order valence-corrected chi connectivity index (χ0v) is 17.3. The van der Waals surface area contributed by atoms with E-state index in [1.807, 2.05) is 36.5 Å². The highest BCUT2D eigenvalue weighted by molar-refractivity contribution is 14.0. The van der Waals surface area contributed by atoms with E-state index in [0.717, 1.165) is 39.5 Å². The van der Waals surface area contributed by atoms with Gasteiger partial charge in [-0.25, -0.2) is 0 Å². The zero-order chi connectivity index (χ0) is 17.8. The second-order valence-electron chi connectivity index (χ2n) is 5.96. The van der Waals surface area contributed by atoms with Crippen LogP contribution >= 0.6 is 24.0 Å². The molecule has 0 fully saturated rings. The van der Waals surface area contributed by atoms with Gasteiger partial charge in [-0.15, -0.1) is 24.0 Å². The number of nitrogens with one attached hydrogen (secondary N) is 2. The van der Waals surface area contributed by atoms with Crippen LogP contribution in [0.4, 0.5) is 0 Å². The van der Waals surface area contributed by atoms with Crippen LogP contribution in [0.5, 0.6) is 11.5 Å². The number of guanidine groups is 1. The third-order valence-electron chi connectivity index (χ3n) is 4.28. The fourth-order valence-electron chi connectivity index (χ4n) is 2.95. The van der Waals surface area contributed by atoms with E-state index >= 15 is 0 Å². The molecule has 2 N–H and O–H groups in total. The van der Waals surface area contributed by atoms with Crippen molar-refractivity contribution in [2.45, 2.75) is 13.1 Å². The average Bonchev–Trinajstić information content (AvgIpc) is 3.16. The summed E-state index contributed by atoms with van der Waals surface area (Å²) < 4.78 is 10.8. The Bertz CT molecular complexity index is 956. The van der Waals surface area contributed by atoms with Gasteiger partial charge in [0.25, 0.3) is 0 Å². The molecule has 1 aliphatic heterocycles. The highest BCUT2D eigenvalue weighted by Crippen LogP contribution is 2.32. The SMILES string of the molecule is CN=C(NCc1ccc2c(c1)OCO2)NCc1cccc2cccnc12.I. The van der Waals surface area contributed by atoms with Crippen molar-refractivity contribution in [3.63, 3.8) is 0 Å². The van der Waals surface area contributed by atoms with E-state index < -0.39 is 0 Å². The molecule has 0 saturated carbocycles. The largest absolute Gasteiger partial charge is 0.454 e. The van der Waals surface area contributed by atoms with Crippen molar-refractivity contribution in [2.75, 3.05) is 13.8 Å². The summed E-state index contributed by atoms with van der Waals surface area (Å²) in [5.41, 5.74) is 3.24. The minimum absolute atomic E-state index is 0. The molecule has 0 saturated heterocycles. The van der Waals surface area contributed by atoms with Crippen LogP contribution in [0.1, 0.15) is 11.1 Å². The Kier molecular flexibility index (Phi) is 6.33. The number of hydrogen-bond acceptors (Lipinski definition) is 4. The van der Waals surface area contributed by atoms with Crippen LogP contribution in [-0.2, 0) is 13.1 Å². The molecule has 0 unspecified atom stereocenters. The Labute approximate surface area is 175 Å². The Morgan fingerprint density at radius 1 is 1.04 bits per heavy atom. The van der Waals surface area contributed by atoms with Crippen LogP contribution in [0.25, 0.3) is 10.9 Å². The van der Waals surface area contributed by atoms with Crippen LogP contribution in [-0.4, -0.2) is 24.8 Å². The number of benzene rings is 2. The van der Waals surface area contributed by atoms with Crippen LogP contribution in [0, 0.1) is 0 Å². The van der Waals surface area contributed by atoms with Crippen molar-refractivity contribution in [1.29, 1.82) is 0 Å². The highest BCUT2D eigenvalue weighted by atomic mass is 127. The van der Waals surface area contributed by atoms with Crippen molar-refractivity contribution in [3.8, 4) is 11.5 Å². The summed E-state index contributed by atoms with van der Waals surface area (Å²) in [5, 5.41) is 7.80. The third-order valence-corrected chi connectivity index (χ3v) is 4.28. The average molecular weight is 476 g/mol. The van der Waals surface area contributed by atoms with E-state index in [2.05, 4.69) is 38.8 Å². The van der Waals surface area contributed by atoms with Gasteiger partial charge in [0.05, 0.1) is 5.52 Å². The van der Waals surface area contributed by atoms with Gasteiger partial charge in [0.15, 0.2) is 17.5 Å².